The van der Waals surface area contributed by atoms with Crippen LogP contribution in [0.15, 0.2) is 23.2 Å². The van der Waals surface area contributed by atoms with Gasteiger partial charge >= 0.3 is 0 Å². The van der Waals surface area contributed by atoms with Crippen molar-refractivity contribution in [1.29, 1.82) is 0 Å². The number of pyridine rings is 1. The molecule has 1 aromatic heterocycles. The maximum Gasteiger partial charge on any atom is 0.239 e. The van der Waals surface area contributed by atoms with Crippen molar-refractivity contribution >= 4 is 11.9 Å². The van der Waals surface area contributed by atoms with Crippen molar-refractivity contribution in [2.45, 2.75) is 39.8 Å². The molecule has 0 atom stereocenters. The van der Waals surface area contributed by atoms with E-state index in [0.717, 1.165) is 11.4 Å². The fraction of sp³-hybridized carbons (Fsp3) is 0.533. The van der Waals surface area contributed by atoms with Crippen molar-refractivity contribution in [1.82, 2.24) is 20.9 Å². The standard InChI is InChI=1S/C15H25N5O/c1-11-7-6-8-12(19-11)9-17-14(16-5)18-10-13(21)20-15(2,3)4/h6-8H,9-10H2,1-5H3,(H,20,21)(H2,16,17,18). The monoisotopic (exact) mass is 291 g/mol. The third-order valence-corrected chi connectivity index (χ3v) is 2.54. The molecule has 1 rings (SSSR count). The Labute approximate surface area is 126 Å². The van der Waals surface area contributed by atoms with Gasteiger partial charge in [-0.3, -0.25) is 14.8 Å². The highest BCUT2D eigenvalue weighted by atomic mass is 16.2. The molecule has 6 nitrogen and oxygen atoms in total. The van der Waals surface area contributed by atoms with Gasteiger partial charge in [0.05, 0.1) is 18.8 Å². The normalized spacial score (nSPS) is 12.0. The van der Waals surface area contributed by atoms with Gasteiger partial charge in [0.25, 0.3) is 0 Å². The van der Waals surface area contributed by atoms with E-state index in [1.54, 1.807) is 7.05 Å². The first-order valence-corrected chi connectivity index (χ1v) is 6.98. The summed E-state index contributed by atoms with van der Waals surface area (Å²) in [6, 6.07) is 5.86. The first-order valence-electron chi connectivity index (χ1n) is 6.98. The van der Waals surface area contributed by atoms with Gasteiger partial charge in [-0.15, -0.1) is 0 Å². The number of aliphatic imine (C=N–C) groups is 1. The van der Waals surface area contributed by atoms with Crippen molar-refractivity contribution in [2.24, 2.45) is 4.99 Å². The van der Waals surface area contributed by atoms with Gasteiger partial charge < -0.3 is 16.0 Å². The van der Waals surface area contributed by atoms with Crippen LogP contribution in [0, 0.1) is 6.92 Å². The van der Waals surface area contributed by atoms with Gasteiger partial charge in [-0.1, -0.05) is 6.07 Å². The molecule has 0 bridgehead atoms. The highest BCUT2D eigenvalue weighted by molar-refractivity contribution is 5.86. The van der Waals surface area contributed by atoms with Crippen LogP contribution in [-0.4, -0.2) is 36.0 Å². The van der Waals surface area contributed by atoms with Crippen molar-refractivity contribution in [3.63, 3.8) is 0 Å². The molecule has 6 heteroatoms. The molecule has 0 radical (unpaired) electrons. The van der Waals surface area contributed by atoms with Crippen LogP contribution in [0.5, 0.6) is 0 Å². The molecular weight excluding hydrogens is 266 g/mol. The fourth-order valence-corrected chi connectivity index (χ4v) is 1.72. The molecule has 0 unspecified atom stereocenters. The van der Waals surface area contributed by atoms with Crippen LogP contribution < -0.4 is 16.0 Å². The van der Waals surface area contributed by atoms with E-state index in [1.807, 2.05) is 45.9 Å². The lowest BCUT2D eigenvalue weighted by Crippen LogP contribution is -2.48. The van der Waals surface area contributed by atoms with E-state index in [0.29, 0.717) is 12.5 Å². The number of guanidine groups is 1. The first-order chi connectivity index (χ1) is 9.80. The zero-order valence-electron chi connectivity index (χ0n) is 13.4. The summed E-state index contributed by atoms with van der Waals surface area (Å²) in [5.41, 5.74) is 1.67. The summed E-state index contributed by atoms with van der Waals surface area (Å²) in [7, 11) is 1.67. The molecule has 0 spiro atoms. The Morgan fingerprint density at radius 3 is 2.57 bits per heavy atom. The quantitative estimate of drug-likeness (QED) is 0.570. The number of amides is 1. The molecule has 21 heavy (non-hydrogen) atoms. The molecule has 0 saturated heterocycles. The molecule has 1 amide bonds. The summed E-state index contributed by atoms with van der Waals surface area (Å²) in [5, 5.41) is 8.99. The highest BCUT2D eigenvalue weighted by Gasteiger charge is 2.13. The number of aryl methyl sites for hydroxylation is 1. The number of rotatable bonds is 4. The summed E-state index contributed by atoms with van der Waals surface area (Å²) in [4.78, 5) is 20.2. The lowest BCUT2D eigenvalue weighted by molar-refractivity contribution is -0.121. The summed E-state index contributed by atoms with van der Waals surface area (Å²) in [5.74, 6) is 0.501. The van der Waals surface area contributed by atoms with E-state index >= 15 is 0 Å². The molecule has 0 aliphatic carbocycles. The van der Waals surface area contributed by atoms with Crippen LogP contribution in [-0.2, 0) is 11.3 Å². The molecule has 0 aliphatic heterocycles. The Balaban J connectivity index is 2.41. The van der Waals surface area contributed by atoms with Gasteiger partial charge in [0.1, 0.15) is 0 Å². The molecule has 116 valence electrons. The van der Waals surface area contributed by atoms with E-state index in [1.165, 1.54) is 0 Å². The number of nitrogens with one attached hydrogen (secondary N) is 3. The van der Waals surface area contributed by atoms with E-state index < -0.39 is 0 Å². The lowest BCUT2D eigenvalue weighted by Gasteiger charge is -2.21. The fourth-order valence-electron chi connectivity index (χ4n) is 1.72. The van der Waals surface area contributed by atoms with Gasteiger partial charge in [0, 0.05) is 18.3 Å². The average molecular weight is 291 g/mol. The van der Waals surface area contributed by atoms with E-state index in [-0.39, 0.29) is 18.0 Å². The minimum Gasteiger partial charge on any atom is -0.351 e. The predicted molar refractivity (Wildman–Crippen MR) is 85.1 cm³/mol. The largest absolute Gasteiger partial charge is 0.351 e. The van der Waals surface area contributed by atoms with Crippen molar-refractivity contribution in [3.05, 3.63) is 29.6 Å². The lowest BCUT2D eigenvalue weighted by atomic mass is 10.1. The Morgan fingerprint density at radius 1 is 1.29 bits per heavy atom. The summed E-state index contributed by atoms with van der Waals surface area (Å²) >= 11 is 0. The van der Waals surface area contributed by atoms with E-state index in [2.05, 4.69) is 25.9 Å². The first kappa shape index (κ1) is 16.9. The van der Waals surface area contributed by atoms with Crippen molar-refractivity contribution in [3.8, 4) is 0 Å². The van der Waals surface area contributed by atoms with Gasteiger partial charge in [-0.05, 0) is 39.8 Å². The maximum absolute atomic E-state index is 11.7. The SMILES string of the molecule is CN=C(NCC(=O)NC(C)(C)C)NCc1cccc(C)n1. The molecule has 0 fully saturated rings. The van der Waals surface area contributed by atoms with Crippen LogP contribution in [0.25, 0.3) is 0 Å². The number of aromatic nitrogens is 1. The van der Waals surface area contributed by atoms with Crippen LogP contribution in [0.2, 0.25) is 0 Å². The van der Waals surface area contributed by atoms with Gasteiger partial charge in [0.15, 0.2) is 5.96 Å². The average Bonchev–Trinajstić information content (AvgIpc) is 2.37. The second-order valence-electron chi connectivity index (χ2n) is 5.85. The van der Waals surface area contributed by atoms with E-state index in [9.17, 15) is 4.79 Å². The molecule has 0 aromatic carbocycles. The van der Waals surface area contributed by atoms with Crippen molar-refractivity contribution < 1.29 is 4.79 Å². The Morgan fingerprint density at radius 2 is 2.00 bits per heavy atom. The van der Waals surface area contributed by atoms with Gasteiger partial charge in [0.2, 0.25) is 5.91 Å². The molecular formula is C15H25N5O. The van der Waals surface area contributed by atoms with Crippen LogP contribution in [0.3, 0.4) is 0 Å². The number of hydrogen-bond acceptors (Lipinski definition) is 3. The molecule has 1 aromatic rings. The Hall–Kier alpha value is -2.11. The third kappa shape index (κ3) is 7.29. The smallest absolute Gasteiger partial charge is 0.239 e. The minimum atomic E-state index is -0.235. The molecule has 0 saturated carbocycles. The Bertz CT molecular complexity index is 505. The number of nitrogens with zero attached hydrogens (tertiary/aromatic N) is 2. The topological polar surface area (TPSA) is 78.4 Å². The van der Waals surface area contributed by atoms with Crippen molar-refractivity contribution in [2.75, 3.05) is 13.6 Å². The number of carbonyl (C=O) groups excluding carboxylic acids is 1. The third-order valence-electron chi connectivity index (χ3n) is 2.54. The number of carbonyl (C=O) groups is 1. The minimum absolute atomic E-state index is 0.0702. The summed E-state index contributed by atoms with van der Waals surface area (Å²) < 4.78 is 0. The molecule has 1 heterocycles. The molecule has 0 aliphatic rings. The van der Waals surface area contributed by atoms with Crippen LogP contribution in [0.4, 0.5) is 0 Å². The highest BCUT2D eigenvalue weighted by Crippen LogP contribution is 1.98. The van der Waals surface area contributed by atoms with Gasteiger partial charge in [-0.25, -0.2) is 0 Å². The van der Waals surface area contributed by atoms with Crippen LogP contribution in [0.1, 0.15) is 32.2 Å². The zero-order valence-corrected chi connectivity index (χ0v) is 13.4. The van der Waals surface area contributed by atoms with Gasteiger partial charge in [-0.2, -0.15) is 0 Å². The maximum atomic E-state index is 11.7. The number of hydrogen-bond donors (Lipinski definition) is 3. The second-order valence-corrected chi connectivity index (χ2v) is 5.85. The van der Waals surface area contributed by atoms with E-state index in [4.69, 9.17) is 0 Å². The summed E-state index contributed by atoms with van der Waals surface area (Å²) in [6.45, 7) is 8.53. The zero-order chi connectivity index (χ0) is 15.9. The predicted octanol–water partition coefficient (Wildman–Crippen LogP) is 0.970. The van der Waals surface area contributed by atoms with Crippen LogP contribution >= 0.6 is 0 Å². The second kappa shape index (κ2) is 7.61. The Kier molecular flexibility index (Phi) is 6.14. The molecule has 3 N–H and O–H groups in total. The summed E-state index contributed by atoms with van der Waals surface area (Å²) in [6.07, 6.45) is 0.